The van der Waals surface area contributed by atoms with Gasteiger partial charge in [-0.1, -0.05) is 6.07 Å². The number of nitrogens with zero attached hydrogens (tertiary/aromatic N) is 4. The highest BCUT2D eigenvalue weighted by Gasteiger charge is 2.31. The third-order valence-electron chi connectivity index (χ3n) is 5.41. The molecule has 0 radical (unpaired) electrons. The summed E-state index contributed by atoms with van der Waals surface area (Å²) in [6, 6.07) is 8.07. The molecule has 1 aromatic carbocycles. The van der Waals surface area contributed by atoms with Crippen LogP contribution in [0.2, 0.25) is 0 Å². The highest BCUT2D eigenvalue weighted by atomic mass is 32.2. The summed E-state index contributed by atoms with van der Waals surface area (Å²) >= 11 is 1.54. The van der Waals surface area contributed by atoms with Gasteiger partial charge in [0.1, 0.15) is 16.6 Å². The Bertz CT molecular complexity index is 877. The molecule has 0 atom stereocenters. The molecule has 2 fully saturated rings. The molecule has 0 bridgehead atoms. The number of aromatic nitrogens is 2. The van der Waals surface area contributed by atoms with Gasteiger partial charge < -0.3 is 14.5 Å². The summed E-state index contributed by atoms with van der Waals surface area (Å²) < 4.78 is 5.32. The Morgan fingerprint density at radius 3 is 2.57 bits per heavy atom. The Hall–Kier alpha value is -2.28. The maximum Gasteiger partial charge on any atom is 0.258 e. The van der Waals surface area contributed by atoms with Crippen LogP contribution in [0.15, 0.2) is 29.3 Å². The number of hydrogen-bond donors (Lipinski definition) is 0. The molecule has 1 saturated heterocycles. The molecule has 0 N–H and O–H groups in total. The topological polar surface area (TPSA) is 58.6 Å². The second kappa shape index (κ2) is 7.99. The van der Waals surface area contributed by atoms with E-state index in [-0.39, 0.29) is 5.91 Å². The van der Waals surface area contributed by atoms with Gasteiger partial charge in [-0.05, 0) is 38.2 Å². The zero-order chi connectivity index (χ0) is 19.7. The first-order chi connectivity index (χ1) is 13.6. The molecule has 2 aromatic rings. The molecule has 1 aromatic heterocycles. The standard InChI is InChI=1S/C21H26N4O2S/c1-14-18(20(28-3)23-19(22-14)15-7-8-15)21(26)25-11-9-24(10-12-25)16-5-4-6-17(13-16)27-2/h4-6,13,15H,7-12H2,1-3H3. The predicted molar refractivity (Wildman–Crippen MR) is 112 cm³/mol. The summed E-state index contributed by atoms with van der Waals surface area (Å²) in [7, 11) is 1.68. The molecule has 1 aliphatic heterocycles. The molecule has 148 valence electrons. The first-order valence-electron chi connectivity index (χ1n) is 9.71. The fourth-order valence-electron chi connectivity index (χ4n) is 3.62. The van der Waals surface area contributed by atoms with Gasteiger partial charge >= 0.3 is 0 Å². The van der Waals surface area contributed by atoms with E-state index in [1.54, 1.807) is 7.11 Å². The number of rotatable bonds is 5. The minimum Gasteiger partial charge on any atom is -0.497 e. The van der Waals surface area contributed by atoms with Crippen molar-refractivity contribution in [2.75, 3.05) is 44.4 Å². The summed E-state index contributed by atoms with van der Waals surface area (Å²) in [5, 5.41) is 0.814. The SMILES string of the molecule is COc1cccc(N2CCN(C(=O)c3c(C)nc(C4CC4)nc3SC)CC2)c1. The number of thioether (sulfide) groups is 1. The molecule has 1 aliphatic carbocycles. The van der Waals surface area contributed by atoms with Crippen LogP contribution < -0.4 is 9.64 Å². The van der Waals surface area contributed by atoms with E-state index in [4.69, 9.17) is 9.72 Å². The number of amides is 1. The van der Waals surface area contributed by atoms with Gasteiger partial charge in [-0.25, -0.2) is 9.97 Å². The number of hydrogen-bond acceptors (Lipinski definition) is 6. The summed E-state index contributed by atoms with van der Waals surface area (Å²) in [4.78, 5) is 26.8. The molecule has 2 aliphatic rings. The zero-order valence-corrected chi connectivity index (χ0v) is 17.5. The minimum absolute atomic E-state index is 0.0505. The van der Waals surface area contributed by atoms with Crippen molar-refractivity contribution in [3.05, 3.63) is 41.3 Å². The van der Waals surface area contributed by atoms with Gasteiger partial charge in [0.15, 0.2) is 0 Å². The van der Waals surface area contributed by atoms with Crippen molar-refractivity contribution in [3.8, 4) is 5.75 Å². The molecule has 0 spiro atoms. The highest BCUT2D eigenvalue weighted by molar-refractivity contribution is 7.98. The molecule has 0 unspecified atom stereocenters. The van der Waals surface area contributed by atoms with Crippen molar-refractivity contribution < 1.29 is 9.53 Å². The van der Waals surface area contributed by atoms with E-state index in [0.717, 1.165) is 53.9 Å². The van der Waals surface area contributed by atoms with Crippen molar-refractivity contribution in [3.63, 3.8) is 0 Å². The van der Waals surface area contributed by atoms with Crippen LogP contribution in [0, 0.1) is 6.92 Å². The lowest BCUT2D eigenvalue weighted by atomic mass is 10.1. The van der Waals surface area contributed by atoms with Crippen LogP contribution in [-0.4, -0.2) is 60.3 Å². The quantitative estimate of drug-likeness (QED) is 0.569. The van der Waals surface area contributed by atoms with E-state index in [1.807, 2.05) is 36.3 Å². The van der Waals surface area contributed by atoms with Gasteiger partial charge in [-0.2, -0.15) is 0 Å². The van der Waals surface area contributed by atoms with Crippen LogP contribution in [-0.2, 0) is 0 Å². The van der Waals surface area contributed by atoms with Crippen molar-refractivity contribution in [2.24, 2.45) is 0 Å². The Morgan fingerprint density at radius 2 is 1.93 bits per heavy atom. The van der Waals surface area contributed by atoms with Crippen LogP contribution in [0.4, 0.5) is 5.69 Å². The van der Waals surface area contributed by atoms with Crippen LogP contribution in [0.25, 0.3) is 0 Å². The second-order valence-electron chi connectivity index (χ2n) is 7.31. The van der Waals surface area contributed by atoms with E-state index in [1.165, 1.54) is 11.8 Å². The fraction of sp³-hybridized carbons (Fsp3) is 0.476. The molecule has 28 heavy (non-hydrogen) atoms. The van der Waals surface area contributed by atoms with Gasteiger partial charge in [0.25, 0.3) is 5.91 Å². The maximum atomic E-state index is 13.2. The number of piperazine rings is 1. The summed E-state index contributed by atoms with van der Waals surface area (Å²) in [6.45, 7) is 4.91. The molecule has 1 saturated carbocycles. The summed E-state index contributed by atoms with van der Waals surface area (Å²) in [6.07, 6.45) is 4.30. The molecule has 7 heteroatoms. The largest absolute Gasteiger partial charge is 0.497 e. The predicted octanol–water partition coefficient (Wildman–Crippen LogP) is 3.36. The second-order valence-corrected chi connectivity index (χ2v) is 8.10. The number of carbonyl (C=O) groups is 1. The average Bonchev–Trinajstić information content (AvgIpc) is 3.58. The number of methoxy groups -OCH3 is 1. The minimum atomic E-state index is 0.0505. The van der Waals surface area contributed by atoms with E-state index >= 15 is 0 Å². The number of ether oxygens (including phenoxy) is 1. The number of aryl methyl sites for hydroxylation is 1. The van der Waals surface area contributed by atoms with Gasteiger partial charge in [0, 0.05) is 43.9 Å². The maximum absolute atomic E-state index is 13.2. The van der Waals surface area contributed by atoms with Crippen LogP contribution in [0.1, 0.15) is 40.6 Å². The van der Waals surface area contributed by atoms with Crippen molar-refractivity contribution in [2.45, 2.75) is 30.7 Å². The third kappa shape index (κ3) is 3.81. The molecule has 2 heterocycles. The molecular weight excluding hydrogens is 372 g/mol. The van der Waals surface area contributed by atoms with E-state index in [2.05, 4.69) is 16.0 Å². The zero-order valence-electron chi connectivity index (χ0n) is 16.6. The third-order valence-corrected chi connectivity index (χ3v) is 6.09. The lowest BCUT2D eigenvalue weighted by Gasteiger charge is -2.36. The smallest absolute Gasteiger partial charge is 0.258 e. The summed E-state index contributed by atoms with van der Waals surface area (Å²) in [5.41, 5.74) is 2.61. The Labute approximate surface area is 170 Å². The number of anilines is 1. The van der Waals surface area contributed by atoms with Crippen LogP contribution in [0.5, 0.6) is 5.75 Å². The van der Waals surface area contributed by atoms with Crippen LogP contribution >= 0.6 is 11.8 Å². The molecule has 6 nitrogen and oxygen atoms in total. The van der Waals surface area contributed by atoms with E-state index in [9.17, 15) is 4.79 Å². The lowest BCUT2D eigenvalue weighted by Crippen LogP contribution is -2.49. The normalized spacial score (nSPS) is 17.0. The number of benzene rings is 1. The molecular formula is C21H26N4O2S. The number of carbonyl (C=O) groups excluding carboxylic acids is 1. The average molecular weight is 399 g/mol. The summed E-state index contributed by atoms with van der Waals surface area (Å²) in [5.74, 6) is 2.29. The fourth-order valence-corrected chi connectivity index (χ4v) is 4.24. The lowest BCUT2D eigenvalue weighted by molar-refractivity contribution is 0.0741. The molecule has 1 amide bonds. The van der Waals surface area contributed by atoms with Crippen molar-refractivity contribution >= 4 is 23.4 Å². The van der Waals surface area contributed by atoms with Crippen molar-refractivity contribution in [1.29, 1.82) is 0 Å². The van der Waals surface area contributed by atoms with Gasteiger partial charge in [-0.15, -0.1) is 11.8 Å². The van der Waals surface area contributed by atoms with E-state index < -0.39 is 0 Å². The monoisotopic (exact) mass is 398 g/mol. The Kier molecular flexibility index (Phi) is 5.44. The highest BCUT2D eigenvalue weighted by Crippen LogP contribution is 2.39. The molecule has 4 rings (SSSR count). The first-order valence-corrected chi connectivity index (χ1v) is 10.9. The Morgan fingerprint density at radius 1 is 1.18 bits per heavy atom. The van der Waals surface area contributed by atoms with Gasteiger partial charge in [0.05, 0.1) is 18.4 Å². The van der Waals surface area contributed by atoms with Crippen LogP contribution in [0.3, 0.4) is 0 Å². The van der Waals surface area contributed by atoms with E-state index in [0.29, 0.717) is 24.6 Å². The first kappa shape index (κ1) is 19.1. The van der Waals surface area contributed by atoms with Gasteiger partial charge in [0.2, 0.25) is 0 Å². The van der Waals surface area contributed by atoms with Crippen molar-refractivity contribution in [1.82, 2.24) is 14.9 Å². The van der Waals surface area contributed by atoms with Gasteiger partial charge in [-0.3, -0.25) is 4.79 Å². The Balaban J connectivity index is 1.48.